The van der Waals surface area contributed by atoms with Crippen LogP contribution < -0.4 is 9.80 Å². The summed E-state index contributed by atoms with van der Waals surface area (Å²) in [7, 11) is 1.66. The van der Waals surface area contributed by atoms with Gasteiger partial charge < -0.3 is 19.4 Å². The third-order valence-electron chi connectivity index (χ3n) is 6.14. The molecule has 0 radical (unpaired) electrons. The molecule has 8 heteroatoms. The minimum atomic E-state index is -0.367. The van der Waals surface area contributed by atoms with Crippen molar-refractivity contribution in [1.29, 1.82) is 0 Å². The Morgan fingerprint density at radius 2 is 1.96 bits per heavy atom. The lowest BCUT2D eigenvalue weighted by atomic mass is 9.78. The van der Waals surface area contributed by atoms with E-state index in [0.717, 1.165) is 58.3 Å². The van der Waals surface area contributed by atoms with E-state index in [1.807, 2.05) is 9.80 Å². The van der Waals surface area contributed by atoms with Crippen molar-refractivity contribution in [1.82, 2.24) is 14.9 Å². The molecule has 1 amide bonds. The lowest BCUT2D eigenvalue weighted by Gasteiger charge is -2.39. The highest BCUT2D eigenvalue weighted by atomic mass is 19.1. The Morgan fingerprint density at radius 1 is 1.15 bits per heavy atom. The molecular formula is C19H28FN5O2. The van der Waals surface area contributed by atoms with Gasteiger partial charge in [-0.1, -0.05) is 0 Å². The molecule has 3 saturated heterocycles. The predicted molar refractivity (Wildman–Crippen MR) is 100 cm³/mol. The van der Waals surface area contributed by atoms with Crippen molar-refractivity contribution in [2.75, 3.05) is 62.8 Å². The van der Waals surface area contributed by atoms with Gasteiger partial charge in [-0.05, 0) is 32.1 Å². The smallest absolute Gasteiger partial charge is 0.230 e. The number of carbonyl (C=O) groups excluding carboxylic acids is 1. The first-order valence-corrected chi connectivity index (χ1v) is 9.94. The summed E-state index contributed by atoms with van der Waals surface area (Å²) in [5, 5.41) is 0. The SMILES string of the molecule is COCCN1CCC[C@@]2(CCN(c3ncc(F)c(N4CCCC4)n3)C2)C1=O. The van der Waals surface area contributed by atoms with Gasteiger partial charge in [-0.3, -0.25) is 4.79 Å². The Balaban J connectivity index is 1.50. The van der Waals surface area contributed by atoms with Crippen molar-refractivity contribution in [2.45, 2.75) is 32.1 Å². The molecular weight excluding hydrogens is 349 g/mol. The van der Waals surface area contributed by atoms with Crippen molar-refractivity contribution in [3.63, 3.8) is 0 Å². The van der Waals surface area contributed by atoms with Gasteiger partial charge in [-0.2, -0.15) is 4.98 Å². The zero-order chi connectivity index (χ0) is 18.9. The normalized spacial score (nSPS) is 25.9. The average Bonchev–Trinajstić information content (AvgIpc) is 3.35. The number of likely N-dealkylation sites (tertiary alicyclic amines) is 1. The third kappa shape index (κ3) is 3.47. The molecule has 3 fully saturated rings. The number of anilines is 2. The molecule has 3 aliphatic rings. The molecule has 0 aromatic carbocycles. The van der Waals surface area contributed by atoms with E-state index < -0.39 is 0 Å². The Morgan fingerprint density at radius 3 is 2.74 bits per heavy atom. The Bertz CT molecular complexity index is 697. The van der Waals surface area contributed by atoms with Crippen LogP contribution in [0.15, 0.2) is 6.20 Å². The molecule has 1 aromatic rings. The first-order chi connectivity index (χ1) is 13.1. The molecule has 0 aliphatic carbocycles. The summed E-state index contributed by atoms with van der Waals surface area (Å²) in [5.41, 5.74) is -0.364. The minimum Gasteiger partial charge on any atom is -0.383 e. The van der Waals surface area contributed by atoms with Gasteiger partial charge in [0.1, 0.15) is 0 Å². The van der Waals surface area contributed by atoms with Gasteiger partial charge in [-0.15, -0.1) is 0 Å². The van der Waals surface area contributed by atoms with Crippen molar-refractivity contribution >= 4 is 17.7 Å². The zero-order valence-electron chi connectivity index (χ0n) is 16.0. The fourth-order valence-electron chi connectivity index (χ4n) is 4.64. The second-order valence-electron chi connectivity index (χ2n) is 7.88. The van der Waals surface area contributed by atoms with E-state index in [0.29, 0.717) is 31.5 Å². The Hall–Kier alpha value is -1.96. The molecule has 0 N–H and O–H groups in total. The number of amides is 1. The van der Waals surface area contributed by atoms with E-state index >= 15 is 0 Å². The largest absolute Gasteiger partial charge is 0.383 e. The van der Waals surface area contributed by atoms with Crippen LogP contribution in [-0.2, 0) is 9.53 Å². The van der Waals surface area contributed by atoms with Crippen LogP contribution in [0, 0.1) is 11.2 Å². The average molecular weight is 377 g/mol. The van der Waals surface area contributed by atoms with Crippen LogP contribution >= 0.6 is 0 Å². The van der Waals surface area contributed by atoms with Crippen LogP contribution in [0.4, 0.5) is 16.2 Å². The van der Waals surface area contributed by atoms with Crippen molar-refractivity contribution in [3.05, 3.63) is 12.0 Å². The number of piperidine rings is 1. The van der Waals surface area contributed by atoms with Gasteiger partial charge in [0.2, 0.25) is 11.9 Å². The fraction of sp³-hybridized carbons (Fsp3) is 0.737. The summed E-state index contributed by atoms with van der Waals surface area (Å²) in [6, 6.07) is 0. The van der Waals surface area contributed by atoms with Gasteiger partial charge in [0.05, 0.1) is 18.2 Å². The van der Waals surface area contributed by atoms with E-state index in [-0.39, 0.29) is 17.1 Å². The highest BCUT2D eigenvalue weighted by Gasteiger charge is 2.48. The predicted octanol–water partition coefficient (Wildman–Crippen LogP) is 1.68. The molecule has 4 rings (SSSR count). The van der Waals surface area contributed by atoms with Gasteiger partial charge in [0, 0.05) is 46.4 Å². The van der Waals surface area contributed by atoms with Crippen LogP contribution in [0.2, 0.25) is 0 Å². The number of ether oxygens (including phenoxy) is 1. The number of methoxy groups -OCH3 is 1. The third-order valence-corrected chi connectivity index (χ3v) is 6.14. The van der Waals surface area contributed by atoms with Gasteiger partial charge in [0.15, 0.2) is 11.6 Å². The van der Waals surface area contributed by atoms with E-state index in [2.05, 4.69) is 14.9 Å². The summed E-state index contributed by atoms with van der Waals surface area (Å²) in [5.74, 6) is 0.788. The van der Waals surface area contributed by atoms with Crippen LogP contribution in [0.3, 0.4) is 0 Å². The number of nitrogens with zero attached hydrogens (tertiary/aromatic N) is 5. The number of hydrogen-bond acceptors (Lipinski definition) is 6. The standard InChI is InChI=1S/C19H28FN5O2/c1-27-12-11-24-9-4-5-19(17(24)26)6-10-25(14-19)18-21-13-15(20)16(22-18)23-7-2-3-8-23/h13H,2-12,14H2,1H3/t19-/m0/s1. The fourth-order valence-corrected chi connectivity index (χ4v) is 4.64. The molecule has 3 aliphatic heterocycles. The van der Waals surface area contributed by atoms with E-state index in [9.17, 15) is 9.18 Å². The van der Waals surface area contributed by atoms with Crippen LogP contribution in [0.1, 0.15) is 32.1 Å². The van der Waals surface area contributed by atoms with Crippen LogP contribution in [0.25, 0.3) is 0 Å². The lowest BCUT2D eigenvalue weighted by molar-refractivity contribution is -0.145. The lowest BCUT2D eigenvalue weighted by Crippen LogP contribution is -2.51. The summed E-state index contributed by atoms with van der Waals surface area (Å²) in [6.07, 6.45) is 6.11. The maximum Gasteiger partial charge on any atom is 0.230 e. The maximum atomic E-state index is 14.2. The summed E-state index contributed by atoms with van der Waals surface area (Å²) < 4.78 is 19.4. The molecule has 1 spiro atoms. The highest BCUT2D eigenvalue weighted by Crippen LogP contribution is 2.41. The molecule has 27 heavy (non-hydrogen) atoms. The van der Waals surface area contributed by atoms with Gasteiger partial charge in [0.25, 0.3) is 0 Å². The highest BCUT2D eigenvalue weighted by molar-refractivity contribution is 5.85. The topological polar surface area (TPSA) is 61.8 Å². The second-order valence-corrected chi connectivity index (χ2v) is 7.88. The Kier molecular flexibility index (Phi) is 5.16. The van der Waals surface area contributed by atoms with E-state index in [1.165, 1.54) is 6.20 Å². The Labute approximate surface area is 159 Å². The molecule has 148 valence electrons. The van der Waals surface area contributed by atoms with Crippen LogP contribution in [-0.4, -0.2) is 73.8 Å². The van der Waals surface area contributed by atoms with Crippen molar-refractivity contribution in [3.8, 4) is 0 Å². The number of halogens is 1. The number of hydrogen-bond donors (Lipinski definition) is 0. The molecule has 0 unspecified atom stereocenters. The summed E-state index contributed by atoms with van der Waals surface area (Å²) >= 11 is 0. The van der Waals surface area contributed by atoms with Crippen LogP contribution in [0.5, 0.6) is 0 Å². The molecule has 0 bridgehead atoms. The molecule has 4 heterocycles. The second kappa shape index (κ2) is 7.58. The number of aromatic nitrogens is 2. The summed E-state index contributed by atoms with van der Waals surface area (Å²) in [4.78, 5) is 27.8. The number of carbonyl (C=O) groups is 1. The number of rotatable bonds is 5. The zero-order valence-corrected chi connectivity index (χ0v) is 16.0. The van der Waals surface area contributed by atoms with E-state index in [1.54, 1.807) is 7.11 Å². The monoisotopic (exact) mass is 377 g/mol. The molecule has 1 aromatic heterocycles. The first-order valence-electron chi connectivity index (χ1n) is 9.94. The van der Waals surface area contributed by atoms with Gasteiger partial charge >= 0.3 is 0 Å². The summed E-state index contributed by atoms with van der Waals surface area (Å²) in [6.45, 7) is 5.02. The maximum absolute atomic E-state index is 14.2. The van der Waals surface area contributed by atoms with E-state index in [4.69, 9.17) is 4.74 Å². The van der Waals surface area contributed by atoms with Gasteiger partial charge in [-0.25, -0.2) is 9.37 Å². The molecule has 7 nitrogen and oxygen atoms in total. The minimum absolute atomic E-state index is 0.218. The van der Waals surface area contributed by atoms with Crippen molar-refractivity contribution < 1.29 is 13.9 Å². The molecule has 1 atom stereocenters. The quantitative estimate of drug-likeness (QED) is 0.778. The molecule has 0 saturated carbocycles. The van der Waals surface area contributed by atoms with Crippen molar-refractivity contribution in [2.24, 2.45) is 5.41 Å². The first kappa shape index (κ1) is 18.4.